The fourth-order valence-corrected chi connectivity index (χ4v) is 3.22. The topological polar surface area (TPSA) is 71.7 Å². The first-order chi connectivity index (χ1) is 11.2. The Kier molecular flexibility index (Phi) is 3.49. The average Bonchev–Trinajstić information content (AvgIpc) is 3.11. The van der Waals surface area contributed by atoms with Crippen LogP contribution in [0.15, 0.2) is 34.7 Å². The lowest BCUT2D eigenvalue weighted by atomic mass is 10.0. The molecule has 7 heteroatoms. The molecule has 2 aromatic rings. The SMILES string of the molecule is Cc1nnc([C@H]2CC[C@@H]3CN2C(=O)N3OCc2ccccc2)o1. The largest absolute Gasteiger partial charge is 0.423 e. The summed E-state index contributed by atoms with van der Waals surface area (Å²) in [6.07, 6.45) is 1.67. The highest BCUT2D eigenvalue weighted by atomic mass is 16.7. The van der Waals surface area contributed by atoms with Gasteiger partial charge in [0, 0.05) is 13.5 Å². The maximum absolute atomic E-state index is 12.6. The van der Waals surface area contributed by atoms with Crippen LogP contribution >= 0.6 is 0 Å². The molecule has 3 heterocycles. The number of hydrogen-bond donors (Lipinski definition) is 0. The van der Waals surface area contributed by atoms with Crippen LogP contribution in [-0.2, 0) is 11.4 Å². The molecule has 0 N–H and O–H groups in total. The molecule has 4 rings (SSSR count). The highest BCUT2D eigenvalue weighted by molar-refractivity contribution is 5.77. The minimum atomic E-state index is -0.148. The van der Waals surface area contributed by atoms with E-state index in [9.17, 15) is 4.79 Å². The molecule has 2 aliphatic rings. The van der Waals surface area contributed by atoms with Crippen molar-refractivity contribution in [3.8, 4) is 0 Å². The normalized spacial score (nSPS) is 23.6. The second-order valence-electron chi connectivity index (χ2n) is 5.93. The summed E-state index contributed by atoms with van der Waals surface area (Å²) in [4.78, 5) is 20.2. The molecule has 2 bridgehead atoms. The van der Waals surface area contributed by atoms with Gasteiger partial charge in [0.2, 0.25) is 11.8 Å². The van der Waals surface area contributed by atoms with Crippen molar-refractivity contribution < 1.29 is 14.0 Å². The molecule has 1 aromatic carbocycles. The zero-order chi connectivity index (χ0) is 15.8. The fourth-order valence-electron chi connectivity index (χ4n) is 3.22. The molecule has 0 spiro atoms. The summed E-state index contributed by atoms with van der Waals surface area (Å²) in [6, 6.07) is 9.66. The summed E-state index contributed by atoms with van der Waals surface area (Å²) >= 11 is 0. The maximum Gasteiger partial charge on any atom is 0.345 e. The Morgan fingerprint density at radius 2 is 2.09 bits per heavy atom. The van der Waals surface area contributed by atoms with Gasteiger partial charge in [-0.1, -0.05) is 30.3 Å². The molecule has 0 radical (unpaired) electrons. The Morgan fingerprint density at radius 1 is 1.26 bits per heavy atom. The lowest BCUT2D eigenvalue weighted by molar-refractivity contribution is -0.140. The van der Waals surface area contributed by atoms with Crippen LogP contribution in [0.3, 0.4) is 0 Å². The standard InChI is InChI=1S/C16H18N4O3/c1-11-17-18-15(23-11)14-8-7-13-9-19(14)16(21)20(13)22-10-12-5-3-2-4-6-12/h2-6,13-14H,7-10H2,1H3/t13-,14-/m1/s1. The van der Waals surface area contributed by atoms with Gasteiger partial charge in [-0.05, 0) is 18.4 Å². The van der Waals surface area contributed by atoms with E-state index in [0.29, 0.717) is 24.9 Å². The smallest absolute Gasteiger partial charge is 0.345 e. The molecule has 120 valence electrons. The number of hydroxylamine groups is 2. The number of aryl methyl sites for hydroxylation is 1. The summed E-state index contributed by atoms with van der Waals surface area (Å²) in [5, 5.41) is 9.44. The van der Waals surface area contributed by atoms with Crippen molar-refractivity contribution in [3.05, 3.63) is 47.7 Å². The minimum absolute atomic E-state index is 0.0893. The number of amides is 2. The molecule has 0 saturated carbocycles. The van der Waals surface area contributed by atoms with Gasteiger partial charge in [-0.25, -0.2) is 4.79 Å². The van der Waals surface area contributed by atoms with Crippen LogP contribution in [0, 0.1) is 6.92 Å². The van der Waals surface area contributed by atoms with E-state index in [1.165, 1.54) is 5.06 Å². The van der Waals surface area contributed by atoms with Gasteiger partial charge in [0.15, 0.2) is 0 Å². The van der Waals surface area contributed by atoms with Gasteiger partial charge in [-0.3, -0.25) is 4.84 Å². The van der Waals surface area contributed by atoms with Gasteiger partial charge in [-0.2, -0.15) is 5.06 Å². The van der Waals surface area contributed by atoms with Crippen molar-refractivity contribution in [1.29, 1.82) is 0 Å². The second-order valence-corrected chi connectivity index (χ2v) is 5.93. The molecule has 2 atom stereocenters. The first kappa shape index (κ1) is 14.2. The van der Waals surface area contributed by atoms with Crippen molar-refractivity contribution in [3.63, 3.8) is 0 Å². The van der Waals surface area contributed by atoms with Crippen LogP contribution in [0.5, 0.6) is 0 Å². The lowest BCUT2D eigenvalue weighted by Crippen LogP contribution is -2.34. The molecule has 0 aliphatic carbocycles. The molecule has 2 saturated heterocycles. The zero-order valence-corrected chi connectivity index (χ0v) is 12.9. The van der Waals surface area contributed by atoms with Crippen molar-refractivity contribution in [2.75, 3.05) is 6.54 Å². The number of urea groups is 1. The summed E-state index contributed by atoms with van der Waals surface area (Å²) in [6.45, 7) is 2.78. The van der Waals surface area contributed by atoms with Crippen LogP contribution in [0.2, 0.25) is 0 Å². The number of aromatic nitrogens is 2. The van der Waals surface area contributed by atoms with E-state index in [4.69, 9.17) is 9.25 Å². The molecule has 0 unspecified atom stereocenters. The Labute approximate surface area is 133 Å². The lowest BCUT2D eigenvalue weighted by Gasteiger charge is -2.27. The van der Waals surface area contributed by atoms with Crippen LogP contribution < -0.4 is 0 Å². The molecular weight excluding hydrogens is 296 g/mol. The van der Waals surface area contributed by atoms with Crippen LogP contribution in [0.1, 0.15) is 36.2 Å². The van der Waals surface area contributed by atoms with Gasteiger partial charge in [-0.15, -0.1) is 10.2 Å². The van der Waals surface area contributed by atoms with Crippen molar-refractivity contribution in [2.45, 2.75) is 38.5 Å². The van der Waals surface area contributed by atoms with Gasteiger partial charge in [0.25, 0.3) is 0 Å². The highest BCUT2D eigenvalue weighted by Gasteiger charge is 2.47. The predicted molar refractivity (Wildman–Crippen MR) is 80.0 cm³/mol. The number of benzene rings is 1. The van der Waals surface area contributed by atoms with Crippen LogP contribution in [0.4, 0.5) is 4.79 Å². The van der Waals surface area contributed by atoms with Crippen LogP contribution in [-0.4, -0.2) is 38.8 Å². The number of fused-ring (bicyclic) bond motifs is 2. The number of hydrogen-bond acceptors (Lipinski definition) is 5. The maximum atomic E-state index is 12.6. The third-order valence-corrected chi connectivity index (χ3v) is 4.36. The predicted octanol–water partition coefficient (Wildman–Crippen LogP) is 2.45. The molecule has 2 amide bonds. The number of nitrogens with zero attached hydrogens (tertiary/aromatic N) is 4. The molecule has 7 nitrogen and oxygen atoms in total. The number of rotatable bonds is 4. The van der Waals surface area contributed by atoms with Crippen molar-refractivity contribution in [2.24, 2.45) is 0 Å². The van der Waals surface area contributed by atoms with Gasteiger partial charge >= 0.3 is 6.03 Å². The van der Waals surface area contributed by atoms with Gasteiger partial charge in [0.05, 0.1) is 6.04 Å². The number of carbonyl (C=O) groups is 1. The van der Waals surface area contributed by atoms with Gasteiger partial charge in [0.1, 0.15) is 12.6 Å². The number of carbonyl (C=O) groups excluding carboxylic acids is 1. The molecule has 2 aliphatic heterocycles. The van der Waals surface area contributed by atoms with Crippen molar-refractivity contribution in [1.82, 2.24) is 20.2 Å². The zero-order valence-electron chi connectivity index (χ0n) is 12.9. The quantitative estimate of drug-likeness (QED) is 0.867. The summed E-state index contributed by atoms with van der Waals surface area (Å²) in [7, 11) is 0. The molecule has 2 fully saturated rings. The van der Waals surface area contributed by atoms with Gasteiger partial charge < -0.3 is 9.32 Å². The Morgan fingerprint density at radius 3 is 2.83 bits per heavy atom. The van der Waals surface area contributed by atoms with E-state index < -0.39 is 0 Å². The summed E-state index contributed by atoms with van der Waals surface area (Å²) in [5.41, 5.74) is 1.04. The Hall–Kier alpha value is -2.41. The van der Waals surface area contributed by atoms with E-state index in [0.717, 1.165) is 18.4 Å². The minimum Gasteiger partial charge on any atom is -0.423 e. The van der Waals surface area contributed by atoms with E-state index in [1.807, 2.05) is 30.3 Å². The monoisotopic (exact) mass is 314 g/mol. The first-order valence-corrected chi connectivity index (χ1v) is 7.79. The second kappa shape index (κ2) is 5.66. The van der Waals surface area contributed by atoms with E-state index in [1.54, 1.807) is 11.8 Å². The average molecular weight is 314 g/mol. The molecule has 23 heavy (non-hydrogen) atoms. The molecule has 1 aromatic heterocycles. The summed E-state index contributed by atoms with van der Waals surface area (Å²) < 4.78 is 5.51. The van der Waals surface area contributed by atoms with Crippen molar-refractivity contribution >= 4 is 6.03 Å². The number of piperidine rings is 1. The van der Waals surface area contributed by atoms with Crippen LogP contribution in [0.25, 0.3) is 0 Å². The third-order valence-electron chi connectivity index (χ3n) is 4.36. The summed E-state index contributed by atoms with van der Waals surface area (Å²) in [5.74, 6) is 1.03. The fraction of sp³-hybridized carbons (Fsp3) is 0.438. The molecular formula is C16H18N4O3. The third kappa shape index (κ3) is 2.57. The Balaban J connectivity index is 1.47. The van der Waals surface area contributed by atoms with E-state index >= 15 is 0 Å². The van der Waals surface area contributed by atoms with E-state index in [-0.39, 0.29) is 18.1 Å². The highest BCUT2D eigenvalue weighted by Crippen LogP contribution is 2.38. The Bertz CT molecular complexity index is 702. The first-order valence-electron chi connectivity index (χ1n) is 7.79. The van der Waals surface area contributed by atoms with E-state index in [2.05, 4.69) is 10.2 Å².